The first-order valence-electron chi connectivity index (χ1n) is 8.17. The van der Waals surface area contributed by atoms with Crippen molar-refractivity contribution in [1.29, 1.82) is 0 Å². The van der Waals surface area contributed by atoms with Gasteiger partial charge in [0.1, 0.15) is 12.7 Å². The van der Waals surface area contributed by atoms with E-state index in [2.05, 4.69) is 28.9 Å². The molecule has 0 unspecified atom stereocenters. The fourth-order valence-corrected chi connectivity index (χ4v) is 4.02. The molecule has 0 aromatic carbocycles. The Morgan fingerprint density at radius 1 is 1.43 bits per heavy atom. The van der Waals surface area contributed by atoms with Crippen LogP contribution in [-0.4, -0.2) is 43.6 Å². The number of aromatic nitrogens is 4. The van der Waals surface area contributed by atoms with Gasteiger partial charge in [-0.15, -0.1) is 11.3 Å². The lowest BCUT2D eigenvalue weighted by Gasteiger charge is -2.32. The molecule has 1 aliphatic rings. The Balaban J connectivity index is 1.52. The van der Waals surface area contributed by atoms with Gasteiger partial charge in [-0.2, -0.15) is 5.10 Å². The Hall–Kier alpha value is -1.76. The van der Waals surface area contributed by atoms with E-state index in [0.29, 0.717) is 12.3 Å². The van der Waals surface area contributed by atoms with E-state index in [1.165, 1.54) is 16.2 Å². The molecule has 1 amide bonds. The van der Waals surface area contributed by atoms with Gasteiger partial charge < -0.3 is 4.90 Å². The van der Waals surface area contributed by atoms with Crippen molar-refractivity contribution in [2.75, 3.05) is 13.1 Å². The standard InChI is InChI=1S/C16H23N5OS/c1-12-13(2)23-16(19-12)14-5-3-7-20(9-14)15(22)6-4-8-21-11-17-10-18-21/h10-11,14H,3-9H2,1-2H3/t14-/m1/s1. The minimum absolute atomic E-state index is 0.250. The molecule has 0 N–H and O–H groups in total. The average Bonchev–Trinajstić information content (AvgIpc) is 3.18. The maximum atomic E-state index is 12.4. The van der Waals surface area contributed by atoms with Gasteiger partial charge in [-0.25, -0.2) is 9.97 Å². The van der Waals surface area contributed by atoms with Crippen LogP contribution in [0, 0.1) is 13.8 Å². The van der Waals surface area contributed by atoms with E-state index in [1.54, 1.807) is 22.3 Å². The van der Waals surface area contributed by atoms with Gasteiger partial charge in [0, 0.05) is 36.9 Å². The second-order valence-electron chi connectivity index (χ2n) is 6.13. The lowest BCUT2D eigenvalue weighted by molar-refractivity contribution is -0.132. The molecule has 3 heterocycles. The predicted molar refractivity (Wildman–Crippen MR) is 89.4 cm³/mol. The SMILES string of the molecule is Cc1nc([C@@H]2CCCN(C(=O)CCCn3cncn3)C2)sc1C. The number of amides is 1. The van der Waals surface area contributed by atoms with Crippen LogP contribution in [0.5, 0.6) is 0 Å². The maximum Gasteiger partial charge on any atom is 0.222 e. The van der Waals surface area contributed by atoms with Crippen molar-refractivity contribution in [2.45, 2.75) is 52.0 Å². The summed E-state index contributed by atoms with van der Waals surface area (Å²) in [5, 5.41) is 5.26. The first-order valence-corrected chi connectivity index (χ1v) is 8.99. The fraction of sp³-hybridized carbons (Fsp3) is 0.625. The number of piperidine rings is 1. The van der Waals surface area contributed by atoms with Crippen LogP contribution >= 0.6 is 11.3 Å². The zero-order valence-corrected chi connectivity index (χ0v) is 14.6. The van der Waals surface area contributed by atoms with Crippen molar-refractivity contribution in [2.24, 2.45) is 0 Å². The topological polar surface area (TPSA) is 63.9 Å². The third-order valence-corrected chi connectivity index (χ3v) is 5.65. The number of hydrogen-bond acceptors (Lipinski definition) is 5. The van der Waals surface area contributed by atoms with Crippen LogP contribution in [0.25, 0.3) is 0 Å². The molecule has 2 aromatic heterocycles. The highest BCUT2D eigenvalue weighted by molar-refractivity contribution is 7.11. The number of aryl methyl sites for hydroxylation is 3. The fourth-order valence-electron chi connectivity index (χ4n) is 2.98. The third-order valence-electron chi connectivity index (χ3n) is 4.41. The maximum absolute atomic E-state index is 12.4. The van der Waals surface area contributed by atoms with Crippen LogP contribution < -0.4 is 0 Å². The molecule has 23 heavy (non-hydrogen) atoms. The van der Waals surface area contributed by atoms with E-state index in [1.807, 2.05) is 4.90 Å². The third kappa shape index (κ3) is 3.96. The Labute approximate surface area is 140 Å². The van der Waals surface area contributed by atoms with Crippen molar-refractivity contribution in [3.8, 4) is 0 Å². The van der Waals surface area contributed by atoms with E-state index in [9.17, 15) is 4.79 Å². The Morgan fingerprint density at radius 2 is 2.30 bits per heavy atom. The molecular weight excluding hydrogens is 310 g/mol. The van der Waals surface area contributed by atoms with Gasteiger partial charge >= 0.3 is 0 Å². The Bertz CT molecular complexity index is 632. The number of hydrogen-bond donors (Lipinski definition) is 0. The van der Waals surface area contributed by atoms with Crippen molar-refractivity contribution in [3.63, 3.8) is 0 Å². The van der Waals surface area contributed by atoms with Gasteiger partial charge in [0.2, 0.25) is 5.91 Å². The molecule has 0 bridgehead atoms. The highest BCUT2D eigenvalue weighted by atomic mass is 32.1. The predicted octanol–water partition coefficient (Wildman–Crippen LogP) is 2.54. The van der Waals surface area contributed by atoms with Crippen LogP contribution in [0.1, 0.15) is 47.2 Å². The summed E-state index contributed by atoms with van der Waals surface area (Å²) in [5.41, 5.74) is 1.13. The normalized spacial score (nSPS) is 18.3. The van der Waals surface area contributed by atoms with Crippen LogP contribution in [0.3, 0.4) is 0 Å². The highest BCUT2D eigenvalue weighted by Gasteiger charge is 2.26. The van der Waals surface area contributed by atoms with E-state index in [-0.39, 0.29) is 5.91 Å². The number of rotatable bonds is 5. The van der Waals surface area contributed by atoms with Gasteiger partial charge in [-0.3, -0.25) is 9.48 Å². The van der Waals surface area contributed by atoms with Crippen LogP contribution in [0.2, 0.25) is 0 Å². The van der Waals surface area contributed by atoms with Crippen LogP contribution in [0.4, 0.5) is 0 Å². The molecular formula is C16H23N5OS. The average molecular weight is 333 g/mol. The quantitative estimate of drug-likeness (QED) is 0.843. The van der Waals surface area contributed by atoms with Gasteiger partial charge in [0.15, 0.2) is 0 Å². The summed E-state index contributed by atoms with van der Waals surface area (Å²) < 4.78 is 1.77. The Kier molecular flexibility index (Phi) is 5.05. The van der Waals surface area contributed by atoms with E-state index in [0.717, 1.165) is 44.6 Å². The summed E-state index contributed by atoms with van der Waals surface area (Å²) in [6, 6.07) is 0. The monoisotopic (exact) mass is 333 g/mol. The minimum atomic E-state index is 0.250. The molecule has 124 valence electrons. The molecule has 0 spiro atoms. The zero-order valence-electron chi connectivity index (χ0n) is 13.7. The van der Waals surface area contributed by atoms with Crippen molar-refractivity contribution in [3.05, 3.63) is 28.2 Å². The molecule has 1 atom stereocenters. The molecule has 0 saturated carbocycles. The number of carbonyl (C=O) groups excluding carboxylic acids is 1. The molecule has 0 aliphatic carbocycles. The Morgan fingerprint density at radius 3 is 3.00 bits per heavy atom. The lowest BCUT2D eigenvalue weighted by Crippen LogP contribution is -2.39. The van der Waals surface area contributed by atoms with E-state index >= 15 is 0 Å². The molecule has 1 saturated heterocycles. The van der Waals surface area contributed by atoms with Crippen LogP contribution in [0.15, 0.2) is 12.7 Å². The smallest absolute Gasteiger partial charge is 0.222 e. The van der Waals surface area contributed by atoms with Crippen molar-refractivity contribution in [1.82, 2.24) is 24.6 Å². The van der Waals surface area contributed by atoms with Crippen molar-refractivity contribution >= 4 is 17.2 Å². The molecule has 7 heteroatoms. The number of nitrogens with zero attached hydrogens (tertiary/aromatic N) is 5. The number of likely N-dealkylation sites (tertiary alicyclic amines) is 1. The lowest BCUT2D eigenvalue weighted by atomic mass is 9.98. The summed E-state index contributed by atoms with van der Waals surface area (Å²) in [6.45, 7) is 6.61. The van der Waals surface area contributed by atoms with Gasteiger partial charge in [0.25, 0.3) is 0 Å². The van der Waals surface area contributed by atoms with Gasteiger partial charge in [-0.1, -0.05) is 0 Å². The van der Waals surface area contributed by atoms with E-state index in [4.69, 9.17) is 0 Å². The van der Waals surface area contributed by atoms with Gasteiger partial charge in [-0.05, 0) is 33.1 Å². The number of thiazole rings is 1. The zero-order chi connectivity index (χ0) is 16.2. The second-order valence-corrected chi connectivity index (χ2v) is 7.37. The molecule has 0 radical (unpaired) electrons. The minimum Gasteiger partial charge on any atom is -0.342 e. The summed E-state index contributed by atoms with van der Waals surface area (Å²) >= 11 is 1.78. The number of carbonyl (C=O) groups is 1. The van der Waals surface area contributed by atoms with Crippen LogP contribution in [-0.2, 0) is 11.3 Å². The first kappa shape index (κ1) is 16.1. The highest BCUT2D eigenvalue weighted by Crippen LogP contribution is 2.31. The van der Waals surface area contributed by atoms with Gasteiger partial charge in [0.05, 0.1) is 10.7 Å². The summed E-state index contributed by atoms with van der Waals surface area (Å²) in [5.74, 6) is 0.653. The molecule has 3 rings (SSSR count). The summed E-state index contributed by atoms with van der Waals surface area (Å²) in [4.78, 5) is 24.3. The molecule has 2 aromatic rings. The summed E-state index contributed by atoms with van der Waals surface area (Å²) in [6.07, 6.45) is 6.79. The largest absolute Gasteiger partial charge is 0.342 e. The molecule has 6 nitrogen and oxygen atoms in total. The first-order chi connectivity index (χ1) is 11.1. The summed E-state index contributed by atoms with van der Waals surface area (Å²) in [7, 11) is 0. The van der Waals surface area contributed by atoms with Crippen molar-refractivity contribution < 1.29 is 4.79 Å². The van der Waals surface area contributed by atoms with E-state index < -0.39 is 0 Å². The molecule has 1 aliphatic heterocycles. The molecule has 1 fully saturated rings. The second kappa shape index (κ2) is 7.21.